The molecule has 12 heteroatoms. The minimum Gasteiger partial charge on any atom is -0.455 e. The van der Waals surface area contributed by atoms with E-state index in [2.05, 4.69) is 10.3 Å². The first-order valence-electron chi connectivity index (χ1n) is 9.27. The summed E-state index contributed by atoms with van der Waals surface area (Å²) in [7, 11) is 0. The number of piperidine rings is 1. The fourth-order valence-corrected chi connectivity index (χ4v) is 3.91. The van der Waals surface area contributed by atoms with E-state index in [0.717, 1.165) is 23.6 Å². The Morgan fingerprint density at radius 2 is 1.94 bits per heavy atom. The maximum atomic E-state index is 12.6. The Hall–Kier alpha value is -3.15. The number of primary amides is 1. The highest BCUT2D eigenvalue weighted by Crippen LogP contribution is 2.30. The maximum absolute atomic E-state index is 12.6. The van der Waals surface area contributed by atoms with Crippen LogP contribution in [0.1, 0.15) is 28.8 Å². The molecule has 0 aromatic carbocycles. The van der Waals surface area contributed by atoms with E-state index in [-0.39, 0.29) is 10.6 Å². The zero-order valence-corrected chi connectivity index (χ0v) is 17.0. The van der Waals surface area contributed by atoms with E-state index in [1.807, 2.05) is 0 Å². The first-order chi connectivity index (χ1) is 14.6. The zero-order chi connectivity index (χ0) is 22.6. The standard InChI is InChI=1S/C19H19F3N4O4S/c20-19(21,22)12-1-2-14(24-9-12)26-6-3-11(4-7-26)18(29)30-10-15(27)25-17-13(16(23)28)5-8-31-17/h1-2,5,8-9,11H,3-4,6-7,10H2,(H2,23,28)(H,25,27). The van der Waals surface area contributed by atoms with Crippen molar-refractivity contribution in [2.45, 2.75) is 19.0 Å². The van der Waals surface area contributed by atoms with Crippen molar-refractivity contribution in [1.29, 1.82) is 0 Å². The molecule has 8 nitrogen and oxygen atoms in total. The Bertz CT molecular complexity index is 954. The van der Waals surface area contributed by atoms with E-state index >= 15 is 0 Å². The lowest BCUT2D eigenvalue weighted by Gasteiger charge is -2.31. The quantitative estimate of drug-likeness (QED) is 0.646. The third-order valence-corrected chi connectivity index (χ3v) is 5.59. The van der Waals surface area contributed by atoms with Crippen LogP contribution >= 0.6 is 11.3 Å². The highest BCUT2D eigenvalue weighted by atomic mass is 32.1. The third-order valence-electron chi connectivity index (χ3n) is 4.76. The molecule has 0 bridgehead atoms. The van der Waals surface area contributed by atoms with Crippen LogP contribution in [0.5, 0.6) is 0 Å². The highest BCUT2D eigenvalue weighted by molar-refractivity contribution is 7.14. The summed E-state index contributed by atoms with van der Waals surface area (Å²) in [6.45, 7) is 0.332. The lowest BCUT2D eigenvalue weighted by atomic mass is 9.97. The van der Waals surface area contributed by atoms with Crippen LogP contribution in [-0.2, 0) is 20.5 Å². The predicted octanol–water partition coefficient (Wildman–Crippen LogP) is 2.66. The van der Waals surface area contributed by atoms with E-state index in [1.54, 1.807) is 10.3 Å². The largest absolute Gasteiger partial charge is 0.455 e. The Labute approximate surface area is 179 Å². The molecule has 2 amide bonds. The maximum Gasteiger partial charge on any atom is 0.417 e. The molecule has 31 heavy (non-hydrogen) atoms. The number of rotatable bonds is 6. The summed E-state index contributed by atoms with van der Waals surface area (Å²) in [4.78, 5) is 41.1. The number of nitrogens with zero attached hydrogens (tertiary/aromatic N) is 2. The number of esters is 1. The molecule has 1 saturated heterocycles. The van der Waals surface area contributed by atoms with E-state index < -0.39 is 42.0 Å². The highest BCUT2D eigenvalue weighted by Gasteiger charge is 2.32. The number of carbonyl (C=O) groups excluding carboxylic acids is 3. The Balaban J connectivity index is 1.45. The van der Waals surface area contributed by atoms with Crippen molar-refractivity contribution in [3.63, 3.8) is 0 Å². The molecule has 0 atom stereocenters. The molecule has 0 unspecified atom stereocenters. The van der Waals surface area contributed by atoms with Crippen molar-refractivity contribution >= 4 is 39.9 Å². The van der Waals surface area contributed by atoms with Gasteiger partial charge in [-0.25, -0.2) is 4.98 Å². The Kier molecular flexibility index (Phi) is 6.78. The molecule has 3 rings (SSSR count). The van der Waals surface area contributed by atoms with Crippen molar-refractivity contribution in [3.05, 3.63) is 40.9 Å². The minimum atomic E-state index is -4.44. The predicted molar refractivity (Wildman–Crippen MR) is 107 cm³/mol. The van der Waals surface area contributed by atoms with E-state index in [1.165, 1.54) is 12.1 Å². The zero-order valence-electron chi connectivity index (χ0n) is 16.1. The molecule has 0 saturated carbocycles. The molecule has 0 spiro atoms. The average Bonchev–Trinajstić information content (AvgIpc) is 3.20. The lowest BCUT2D eigenvalue weighted by molar-refractivity contribution is -0.152. The lowest BCUT2D eigenvalue weighted by Crippen LogP contribution is -2.38. The molecule has 3 heterocycles. The van der Waals surface area contributed by atoms with E-state index in [4.69, 9.17) is 10.5 Å². The summed E-state index contributed by atoms with van der Waals surface area (Å²) in [5, 5.41) is 4.36. The molecule has 1 fully saturated rings. The number of pyridine rings is 1. The summed E-state index contributed by atoms with van der Waals surface area (Å²) in [5.74, 6) is -1.83. The molecular formula is C19H19F3N4O4S. The third kappa shape index (κ3) is 5.72. The second-order valence-corrected chi connectivity index (χ2v) is 7.76. The number of ether oxygens (including phenoxy) is 1. The van der Waals surface area contributed by atoms with Crippen LogP contribution in [0.2, 0.25) is 0 Å². The Morgan fingerprint density at radius 3 is 2.52 bits per heavy atom. The number of carbonyl (C=O) groups is 3. The van der Waals surface area contributed by atoms with Gasteiger partial charge in [0, 0.05) is 19.3 Å². The van der Waals surface area contributed by atoms with Crippen molar-refractivity contribution < 1.29 is 32.3 Å². The van der Waals surface area contributed by atoms with Crippen molar-refractivity contribution in [2.24, 2.45) is 11.7 Å². The van der Waals surface area contributed by atoms with Crippen molar-refractivity contribution in [3.8, 4) is 0 Å². The van der Waals surface area contributed by atoms with Crippen LogP contribution in [0, 0.1) is 5.92 Å². The smallest absolute Gasteiger partial charge is 0.417 e. The van der Waals surface area contributed by atoms with Gasteiger partial charge in [-0.1, -0.05) is 0 Å². The van der Waals surface area contributed by atoms with Crippen molar-refractivity contribution in [1.82, 2.24) is 4.98 Å². The van der Waals surface area contributed by atoms with Gasteiger partial charge < -0.3 is 20.7 Å². The monoisotopic (exact) mass is 456 g/mol. The van der Waals surface area contributed by atoms with Gasteiger partial charge in [-0.2, -0.15) is 13.2 Å². The van der Waals surface area contributed by atoms with Gasteiger partial charge in [0.15, 0.2) is 6.61 Å². The SMILES string of the molecule is NC(=O)c1ccsc1NC(=O)COC(=O)C1CCN(c2ccc(C(F)(F)F)cn2)CC1. The fraction of sp³-hybridized carbons (Fsp3) is 0.368. The number of nitrogens with two attached hydrogens (primary N) is 1. The van der Waals surface area contributed by atoms with Gasteiger partial charge in [0.1, 0.15) is 10.8 Å². The topological polar surface area (TPSA) is 115 Å². The summed E-state index contributed by atoms with van der Waals surface area (Å²) in [5.41, 5.74) is 4.56. The van der Waals surface area contributed by atoms with Gasteiger partial charge >= 0.3 is 12.1 Å². The number of anilines is 2. The van der Waals surface area contributed by atoms with Crippen molar-refractivity contribution in [2.75, 3.05) is 29.9 Å². The number of thiophene rings is 1. The van der Waals surface area contributed by atoms with Crippen LogP contribution in [0.25, 0.3) is 0 Å². The first-order valence-corrected chi connectivity index (χ1v) is 10.1. The number of hydrogen-bond acceptors (Lipinski definition) is 7. The molecule has 166 valence electrons. The molecule has 3 N–H and O–H groups in total. The average molecular weight is 456 g/mol. The summed E-state index contributed by atoms with van der Waals surface area (Å²) < 4.78 is 43.0. The van der Waals surface area contributed by atoms with Crippen LogP contribution < -0.4 is 16.0 Å². The molecule has 2 aromatic heterocycles. The number of aromatic nitrogens is 1. The number of alkyl halides is 3. The van der Waals surface area contributed by atoms with Crippen LogP contribution in [0.15, 0.2) is 29.8 Å². The fourth-order valence-electron chi connectivity index (χ4n) is 3.10. The van der Waals surface area contributed by atoms with Gasteiger partial charge in [-0.15, -0.1) is 11.3 Å². The molecule has 0 aliphatic carbocycles. The number of halogens is 3. The Morgan fingerprint density at radius 1 is 1.23 bits per heavy atom. The molecule has 1 aliphatic rings. The normalized spacial score (nSPS) is 14.9. The van der Waals surface area contributed by atoms with Gasteiger partial charge in [0.05, 0.1) is 17.0 Å². The molecule has 0 radical (unpaired) electrons. The number of hydrogen-bond donors (Lipinski definition) is 2. The summed E-state index contributed by atoms with van der Waals surface area (Å²) in [6, 6.07) is 3.75. The first kappa shape index (κ1) is 22.5. The van der Waals surface area contributed by atoms with Crippen LogP contribution in [-0.4, -0.2) is 42.5 Å². The van der Waals surface area contributed by atoms with E-state index in [0.29, 0.717) is 31.7 Å². The molecular weight excluding hydrogens is 437 g/mol. The number of nitrogens with one attached hydrogen (secondary N) is 1. The summed E-state index contributed by atoms with van der Waals surface area (Å²) in [6.07, 6.45) is -2.83. The van der Waals surface area contributed by atoms with Crippen LogP contribution in [0.4, 0.5) is 24.0 Å². The molecule has 2 aromatic rings. The number of amides is 2. The van der Waals surface area contributed by atoms with Gasteiger partial charge in [0.2, 0.25) is 0 Å². The second-order valence-electron chi connectivity index (χ2n) is 6.85. The van der Waals surface area contributed by atoms with Gasteiger partial charge in [-0.3, -0.25) is 14.4 Å². The second kappa shape index (κ2) is 9.33. The summed E-state index contributed by atoms with van der Waals surface area (Å²) >= 11 is 1.12. The molecule has 1 aliphatic heterocycles. The van der Waals surface area contributed by atoms with Crippen LogP contribution in [0.3, 0.4) is 0 Å². The van der Waals surface area contributed by atoms with E-state index in [9.17, 15) is 27.6 Å². The van der Waals surface area contributed by atoms with Gasteiger partial charge in [0.25, 0.3) is 11.8 Å². The minimum absolute atomic E-state index is 0.175. The van der Waals surface area contributed by atoms with Gasteiger partial charge in [-0.05, 0) is 36.4 Å².